The van der Waals surface area contributed by atoms with Crippen molar-refractivity contribution in [1.82, 2.24) is 25.5 Å². The number of aryl methyl sites for hydroxylation is 1. The lowest BCUT2D eigenvalue weighted by molar-refractivity contribution is -0.121. The molecule has 1 fully saturated rings. The minimum absolute atomic E-state index is 0.177. The molecule has 4 rings (SSSR count). The van der Waals surface area contributed by atoms with E-state index in [-0.39, 0.29) is 30.2 Å². The molecule has 1 amide bonds. The number of anilines is 1. The molecule has 1 aromatic carbocycles. The quantitative estimate of drug-likeness (QED) is 0.699. The summed E-state index contributed by atoms with van der Waals surface area (Å²) >= 11 is 1.51. The summed E-state index contributed by atoms with van der Waals surface area (Å²) in [6, 6.07) is 5.59. The third-order valence-electron chi connectivity index (χ3n) is 5.10. The summed E-state index contributed by atoms with van der Waals surface area (Å²) in [6.07, 6.45) is 2.14. The van der Waals surface area contributed by atoms with Gasteiger partial charge in [0.1, 0.15) is 16.2 Å². The van der Waals surface area contributed by atoms with Gasteiger partial charge in [-0.05, 0) is 39.3 Å². The van der Waals surface area contributed by atoms with Gasteiger partial charge in [0.15, 0.2) is 0 Å². The molecule has 2 heterocycles. The summed E-state index contributed by atoms with van der Waals surface area (Å²) in [6.45, 7) is 1.91. The molecular weight excluding hydrogens is 379 g/mol. The van der Waals surface area contributed by atoms with E-state index in [0.29, 0.717) is 18.4 Å². The SMILES string of the molecule is CN[C@H]1CCC(C(=O)Nc2ncc3ccc(-c4nnc(C)s4)cc3n2)C[C@@H]1F. The molecule has 1 aliphatic rings. The van der Waals surface area contributed by atoms with Crippen molar-refractivity contribution < 1.29 is 9.18 Å². The van der Waals surface area contributed by atoms with E-state index in [4.69, 9.17) is 0 Å². The molecule has 1 aliphatic carbocycles. The second kappa shape index (κ2) is 7.84. The summed E-state index contributed by atoms with van der Waals surface area (Å²) in [5.74, 6) is -0.365. The van der Waals surface area contributed by atoms with Gasteiger partial charge in [0, 0.05) is 29.1 Å². The summed E-state index contributed by atoms with van der Waals surface area (Å²) in [5.41, 5.74) is 1.62. The van der Waals surface area contributed by atoms with Crippen LogP contribution >= 0.6 is 11.3 Å². The summed E-state index contributed by atoms with van der Waals surface area (Å²) < 4.78 is 14.1. The Labute approximate surface area is 165 Å². The smallest absolute Gasteiger partial charge is 0.229 e. The van der Waals surface area contributed by atoms with Gasteiger partial charge in [0.25, 0.3) is 0 Å². The Morgan fingerprint density at radius 3 is 2.86 bits per heavy atom. The number of hydrogen-bond donors (Lipinski definition) is 2. The fraction of sp³-hybridized carbons (Fsp3) is 0.421. The average molecular weight is 400 g/mol. The van der Waals surface area contributed by atoms with Gasteiger partial charge >= 0.3 is 0 Å². The molecule has 1 unspecified atom stereocenters. The van der Waals surface area contributed by atoms with Gasteiger partial charge in [0.2, 0.25) is 11.9 Å². The number of carbonyl (C=O) groups is 1. The van der Waals surface area contributed by atoms with Crippen molar-refractivity contribution in [3.05, 3.63) is 29.4 Å². The Kier molecular flexibility index (Phi) is 5.27. The lowest BCUT2D eigenvalue weighted by Gasteiger charge is -2.30. The van der Waals surface area contributed by atoms with E-state index >= 15 is 0 Å². The number of alkyl halides is 1. The number of nitrogens with zero attached hydrogens (tertiary/aromatic N) is 4. The van der Waals surface area contributed by atoms with Gasteiger partial charge in [-0.15, -0.1) is 10.2 Å². The Balaban J connectivity index is 1.51. The molecule has 0 saturated heterocycles. The summed E-state index contributed by atoms with van der Waals surface area (Å²) in [5, 5.41) is 16.5. The van der Waals surface area contributed by atoms with Crippen LogP contribution in [-0.2, 0) is 4.79 Å². The standard InChI is InChI=1S/C19H21FN6OS/c1-10-25-26-18(28-10)12-3-4-13-9-22-19(23-16(13)8-12)24-17(27)11-5-6-15(21-2)14(20)7-11/h3-4,8-9,11,14-15,21H,5-7H2,1-2H3,(H,22,23,24,27)/t11?,14-,15-/m0/s1. The van der Waals surface area contributed by atoms with Crippen molar-refractivity contribution >= 4 is 34.1 Å². The van der Waals surface area contributed by atoms with Crippen molar-refractivity contribution in [2.75, 3.05) is 12.4 Å². The first kappa shape index (κ1) is 18.8. The van der Waals surface area contributed by atoms with Crippen LogP contribution in [0.25, 0.3) is 21.5 Å². The molecule has 28 heavy (non-hydrogen) atoms. The highest BCUT2D eigenvalue weighted by molar-refractivity contribution is 7.14. The number of rotatable bonds is 4. The van der Waals surface area contributed by atoms with Crippen LogP contribution in [0.15, 0.2) is 24.4 Å². The maximum atomic E-state index is 14.1. The molecule has 1 saturated carbocycles. The number of hydrogen-bond acceptors (Lipinski definition) is 7. The van der Waals surface area contributed by atoms with Crippen LogP contribution in [0.2, 0.25) is 0 Å². The topological polar surface area (TPSA) is 92.7 Å². The normalized spacial score (nSPS) is 22.3. The monoisotopic (exact) mass is 400 g/mol. The first-order chi connectivity index (χ1) is 13.5. The molecule has 3 aromatic rings. The van der Waals surface area contributed by atoms with Crippen LogP contribution in [0.4, 0.5) is 10.3 Å². The van der Waals surface area contributed by atoms with Gasteiger partial charge in [-0.25, -0.2) is 14.4 Å². The van der Waals surface area contributed by atoms with Gasteiger partial charge < -0.3 is 5.32 Å². The van der Waals surface area contributed by atoms with E-state index in [1.807, 2.05) is 25.1 Å². The number of halogens is 1. The molecule has 2 N–H and O–H groups in total. The first-order valence-electron chi connectivity index (χ1n) is 9.23. The highest BCUT2D eigenvalue weighted by Crippen LogP contribution is 2.29. The molecule has 0 radical (unpaired) electrons. The Morgan fingerprint density at radius 2 is 2.14 bits per heavy atom. The molecule has 9 heteroatoms. The molecule has 0 aliphatic heterocycles. The third kappa shape index (κ3) is 3.85. The largest absolute Gasteiger partial charge is 0.314 e. The zero-order chi connectivity index (χ0) is 19.7. The number of benzene rings is 1. The number of aromatic nitrogens is 4. The van der Waals surface area contributed by atoms with Crippen molar-refractivity contribution in [2.45, 2.75) is 38.4 Å². The lowest BCUT2D eigenvalue weighted by Crippen LogP contribution is -2.42. The maximum absolute atomic E-state index is 14.1. The highest BCUT2D eigenvalue weighted by Gasteiger charge is 2.33. The molecular formula is C19H21FN6OS. The van der Waals surface area contributed by atoms with Crippen molar-refractivity contribution in [3.8, 4) is 10.6 Å². The Hall–Kier alpha value is -2.52. The molecule has 3 atom stereocenters. The molecule has 2 aromatic heterocycles. The summed E-state index contributed by atoms with van der Waals surface area (Å²) in [4.78, 5) is 21.2. The van der Waals surface area contributed by atoms with E-state index in [0.717, 1.165) is 21.0 Å². The van der Waals surface area contributed by atoms with Crippen LogP contribution in [-0.4, -0.2) is 45.3 Å². The van der Waals surface area contributed by atoms with E-state index in [2.05, 4.69) is 30.8 Å². The van der Waals surface area contributed by atoms with E-state index in [9.17, 15) is 9.18 Å². The second-order valence-electron chi connectivity index (χ2n) is 7.00. The second-order valence-corrected chi connectivity index (χ2v) is 8.19. The molecule has 7 nitrogen and oxygen atoms in total. The number of fused-ring (bicyclic) bond motifs is 1. The van der Waals surface area contributed by atoms with Crippen LogP contribution in [0.3, 0.4) is 0 Å². The molecule has 146 valence electrons. The third-order valence-corrected chi connectivity index (χ3v) is 5.99. The van der Waals surface area contributed by atoms with Crippen LogP contribution in [0.5, 0.6) is 0 Å². The van der Waals surface area contributed by atoms with Gasteiger partial charge in [-0.3, -0.25) is 10.1 Å². The van der Waals surface area contributed by atoms with Crippen LogP contribution in [0.1, 0.15) is 24.3 Å². The zero-order valence-electron chi connectivity index (χ0n) is 15.6. The Bertz CT molecular complexity index is 1010. The predicted octanol–water partition coefficient (Wildman–Crippen LogP) is 3.12. The van der Waals surface area contributed by atoms with Crippen molar-refractivity contribution in [2.24, 2.45) is 5.92 Å². The van der Waals surface area contributed by atoms with E-state index < -0.39 is 6.17 Å². The highest BCUT2D eigenvalue weighted by atomic mass is 32.1. The number of carbonyl (C=O) groups excluding carboxylic acids is 1. The summed E-state index contributed by atoms with van der Waals surface area (Å²) in [7, 11) is 1.75. The maximum Gasteiger partial charge on any atom is 0.229 e. The predicted molar refractivity (Wildman–Crippen MR) is 107 cm³/mol. The van der Waals surface area contributed by atoms with Gasteiger partial charge in [0.05, 0.1) is 5.52 Å². The Morgan fingerprint density at radius 1 is 1.29 bits per heavy atom. The number of amides is 1. The van der Waals surface area contributed by atoms with Crippen LogP contribution < -0.4 is 10.6 Å². The molecule has 0 spiro atoms. The van der Waals surface area contributed by atoms with E-state index in [1.165, 1.54) is 11.3 Å². The van der Waals surface area contributed by atoms with Crippen LogP contribution in [0, 0.1) is 12.8 Å². The zero-order valence-corrected chi connectivity index (χ0v) is 16.5. The van der Waals surface area contributed by atoms with Gasteiger partial charge in [-0.2, -0.15) is 0 Å². The minimum atomic E-state index is -1.02. The van der Waals surface area contributed by atoms with Gasteiger partial charge in [-0.1, -0.05) is 23.5 Å². The average Bonchev–Trinajstić information content (AvgIpc) is 3.13. The van der Waals surface area contributed by atoms with E-state index in [1.54, 1.807) is 13.2 Å². The fourth-order valence-corrected chi connectivity index (χ4v) is 4.21. The molecule has 0 bridgehead atoms. The first-order valence-corrected chi connectivity index (χ1v) is 10.0. The van der Waals surface area contributed by atoms with Crippen molar-refractivity contribution in [1.29, 1.82) is 0 Å². The lowest BCUT2D eigenvalue weighted by atomic mass is 9.84. The fourth-order valence-electron chi connectivity index (χ4n) is 3.52. The number of nitrogens with one attached hydrogen (secondary N) is 2. The van der Waals surface area contributed by atoms with Crippen molar-refractivity contribution in [3.63, 3.8) is 0 Å². The minimum Gasteiger partial charge on any atom is -0.314 e.